The van der Waals surface area contributed by atoms with Gasteiger partial charge < -0.3 is 4.98 Å². The molecule has 0 aliphatic rings. The first-order chi connectivity index (χ1) is 15.5. The Labute approximate surface area is 193 Å². The van der Waals surface area contributed by atoms with Crippen LogP contribution in [-0.4, -0.2) is 27.8 Å². The van der Waals surface area contributed by atoms with E-state index in [9.17, 15) is 9.59 Å². The third kappa shape index (κ3) is 5.15. The highest BCUT2D eigenvalue weighted by atomic mass is 32.2. The summed E-state index contributed by atoms with van der Waals surface area (Å²) in [5.74, 6) is 0.270. The lowest BCUT2D eigenvalue weighted by molar-refractivity contribution is -0.118. The number of H-pyrrole nitrogens is 1. The molecule has 0 saturated heterocycles. The molecule has 0 fully saturated rings. The molecule has 0 bridgehead atoms. The van der Waals surface area contributed by atoms with Crippen LogP contribution in [0, 0.1) is 0 Å². The molecular weight excluding hydrogens is 440 g/mol. The van der Waals surface area contributed by atoms with Crippen LogP contribution < -0.4 is 11.0 Å². The lowest BCUT2D eigenvalue weighted by atomic mass is 9.99. The maximum atomic E-state index is 12.8. The van der Waals surface area contributed by atoms with Crippen LogP contribution >= 0.6 is 23.1 Å². The average molecular weight is 463 g/mol. The molecule has 1 amide bonds. The average Bonchev–Trinajstić information content (AvgIpc) is 3.23. The van der Waals surface area contributed by atoms with Gasteiger partial charge in [0.15, 0.2) is 5.16 Å². The Morgan fingerprint density at radius 1 is 1.19 bits per heavy atom. The minimum Gasteiger partial charge on any atom is -0.301 e. The number of nitrogens with zero attached hydrogens (tertiary/aromatic N) is 2. The summed E-state index contributed by atoms with van der Waals surface area (Å²) in [6.45, 7) is 4.30. The van der Waals surface area contributed by atoms with E-state index >= 15 is 0 Å². The summed E-state index contributed by atoms with van der Waals surface area (Å²) in [7, 11) is 0. The normalized spacial score (nSPS) is 11.5. The predicted octanol–water partition coefficient (Wildman–Crippen LogP) is 5.02. The van der Waals surface area contributed by atoms with Crippen molar-refractivity contribution in [3.8, 4) is 11.1 Å². The fraction of sp³-hybridized carbons (Fsp3) is 0.167. The van der Waals surface area contributed by atoms with E-state index in [4.69, 9.17) is 0 Å². The second kappa shape index (κ2) is 9.93. The topological polar surface area (TPSA) is 87.2 Å². The van der Waals surface area contributed by atoms with Gasteiger partial charge in [0.05, 0.1) is 17.4 Å². The van der Waals surface area contributed by atoms with Crippen molar-refractivity contribution in [1.82, 2.24) is 15.4 Å². The fourth-order valence-electron chi connectivity index (χ4n) is 3.14. The maximum absolute atomic E-state index is 12.8. The van der Waals surface area contributed by atoms with Gasteiger partial charge in [0, 0.05) is 10.9 Å². The zero-order valence-corrected chi connectivity index (χ0v) is 19.3. The first-order valence-corrected chi connectivity index (χ1v) is 12.0. The zero-order chi connectivity index (χ0) is 22.5. The Bertz CT molecular complexity index is 1310. The first kappa shape index (κ1) is 22.0. The minimum absolute atomic E-state index is 0.0927. The SMILES string of the molecule is CC(C)c1ccc(-c2csc3nc(SCC(=O)N/N=C/c4ccccc4)[nH]c(=O)c23)cc1. The molecule has 0 atom stereocenters. The highest BCUT2D eigenvalue weighted by Crippen LogP contribution is 2.32. The number of rotatable bonds is 7. The number of aromatic nitrogens is 2. The highest BCUT2D eigenvalue weighted by Gasteiger charge is 2.14. The molecule has 4 aromatic rings. The molecule has 2 aromatic carbocycles. The third-order valence-corrected chi connectivity index (χ3v) is 6.60. The largest absolute Gasteiger partial charge is 0.301 e. The summed E-state index contributed by atoms with van der Waals surface area (Å²) >= 11 is 2.59. The molecule has 0 saturated carbocycles. The summed E-state index contributed by atoms with van der Waals surface area (Å²) in [5, 5.41) is 6.89. The number of hydrogen-bond acceptors (Lipinski definition) is 6. The molecule has 0 spiro atoms. The summed E-state index contributed by atoms with van der Waals surface area (Å²) < 4.78 is 0. The number of hydrazone groups is 1. The van der Waals surface area contributed by atoms with E-state index in [0.717, 1.165) is 16.7 Å². The predicted molar refractivity (Wildman–Crippen MR) is 133 cm³/mol. The van der Waals surface area contributed by atoms with Gasteiger partial charge in [-0.15, -0.1) is 11.3 Å². The number of fused-ring (bicyclic) bond motifs is 1. The molecule has 0 radical (unpaired) electrons. The van der Waals surface area contributed by atoms with Gasteiger partial charge in [0.2, 0.25) is 0 Å². The molecule has 162 valence electrons. The van der Waals surface area contributed by atoms with E-state index in [1.54, 1.807) is 6.21 Å². The van der Waals surface area contributed by atoms with Crippen molar-refractivity contribution < 1.29 is 4.79 Å². The third-order valence-electron chi connectivity index (χ3n) is 4.85. The standard InChI is InChI=1S/C24H22N4O2S2/c1-15(2)17-8-10-18(11-9-17)19-13-31-23-21(19)22(30)26-24(27-23)32-14-20(29)28-25-12-16-6-4-3-5-7-16/h3-13,15H,14H2,1-2H3,(H,28,29)(H,26,27,30)/b25-12+. The molecule has 0 unspecified atom stereocenters. The highest BCUT2D eigenvalue weighted by molar-refractivity contribution is 7.99. The van der Waals surface area contributed by atoms with Crippen LogP contribution in [0.3, 0.4) is 0 Å². The molecule has 2 heterocycles. The molecule has 0 aliphatic heterocycles. The van der Waals surface area contributed by atoms with Crippen LogP contribution in [0.5, 0.6) is 0 Å². The zero-order valence-electron chi connectivity index (χ0n) is 17.7. The molecule has 6 nitrogen and oxygen atoms in total. The monoisotopic (exact) mass is 462 g/mol. The fourth-order valence-corrected chi connectivity index (χ4v) is 4.80. The van der Waals surface area contributed by atoms with Gasteiger partial charge in [0.1, 0.15) is 4.83 Å². The van der Waals surface area contributed by atoms with E-state index in [-0.39, 0.29) is 17.2 Å². The van der Waals surface area contributed by atoms with Crippen molar-refractivity contribution in [2.75, 3.05) is 5.75 Å². The number of carbonyl (C=O) groups is 1. The molecular formula is C24H22N4O2S2. The smallest absolute Gasteiger partial charge is 0.260 e. The van der Waals surface area contributed by atoms with Gasteiger partial charge in [-0.05, 0) is 22.6 Å². The van der Waals surface area contributed by atoms with Crippen LogP contribution in [0.25, 0.3) is 21.3 Å². The van der Waals surface area contributed by atoms with Gasteiger partial charge in [-0.3, -0.25) is 9.59 Å². The molecule has 2 aromatic heterocycles. The molecule has 2 N–H and O–H groups in total. The molecule has 0 aliphatic carbocycles. The number of carbonyl (C=O) groups excluding carboxylic acids is 1. The van der Waals surface area contributed by atoms with Crippen LogP contribution in [0.4, 0.5) is 0 Å². The number of aromatic amines is 1. The van der Waals surface area contributed by atoms with Gasteiger partial charge in [-0.2, -0.15) is 5.10 Å². The Hall–Kier alpha value is -3.23. The van der Waals surface area contributed by atoms with Crippen molar-refractivity contribution in [3.63, 3.8) is 0 Å². The van der Waals surface area contributed by atoms with Crippen molar-refractivity contribution >= 4 is 45.4 Å². The molecule has 8 heteroatoms. The Balaban J connectivity index is 1.44. The molecule has 4 rings (SSSR count). The second-order valence-electron chi connectivity index (χ2n) is 7.47. The Morgan fingerprint density at radius 2 is 1.94 bits per heavy atom. The van der Waals surface area contributed by atoms with E-state index in [1.807, 2.05) is 47.8 Å². The lowest BCUT2D eigenvalue weighted by Gasteiger charge is -2.06. The number of hydrogen-bond donors (Lipinski definition) is 2. The first-order valence-electron chi connectivity index (χ1n) is 10.1. The van der Waals surface area contributed by atoms with Gasteiger partial charge in [-0.1, -0.05) is 80.2 Å². The minimum atomic E-state index is -0.276. The summed E-state index contributed by atoms with van der Waals surface area (Å²) in [6.07, 6.45) is 1.58. The summed E-state index contributed by atoms with van der Waals surface area (Å²) in [4.78, 5) is 32.8. The molecule has 32 heavy (non-hydrogen) atoms. The van der Waals surface area contributed by atoms with Crippen LogP contribution in [-0.2, 0) is 4.79 Å². The van der Waals surface area contributed by atoms with Crippen molar-refractivity contribution in [3.05, 3.63) is 81.5 Å². The Kier molecular flexibility index (Phi) is 6.82. The van der Waals surface area contributed by atoms with Crippen molar-refractivity contribution in [2.24, 2.45) is 5.10 Å². The number of amides is 1. The van der Waals surface area contributed by atoms with Gasteiger partial charge in [0.25, 0.3) is 11.5 Å². The summed E-state index contributed by atoms with van der Waals surface area (Å²) in [6, 6.07) is 17.8. The number of thioether (sulfide) groups is 1. The number of nitrogens with one attached hydrogen (secondary N) is 2. The summed E-state index contributed by atoms with van der Waals surface area (Å²) in [5.41, 5.74) is 6.29. The van der Waals surface area contributed by atoms with E-state index in [1.165, 1.54) is 28.7 Å². The maximum Gasteiger partial charge on any atom is 0.260 e. The van der Waals surface area contributed by atoms with E-state index < -0.39 is 0 Å². The van der Waals surface area contributed by atoms with Gasteiger partial charge in [-0.25, -0.2) is 10.4 Å². The van der Waals surface area contributed by atoms with Crippen molar-refractivity contribution in [1.29, 1.82) is 0 Å². The van der Waals surface area contributed by atoms with Crippen LogP contribution in [0.15, 0.2) is 75.0 Å². The van der Waals surface area contributed by atoms with E-state index in [0.29, 0.717) is 21.3 Å². The number of thiophene rings is 1. The van der Waals surface area contributed by atoms with Crippen LogP contribution in [0.2, 0.25) is 0 Å². The van der Waals surface area contributed by atoms with Crippen LogP contribution in [0.1, 0.15) is 30.9 Å². The second-order valence-corrected chi connectivity index (χ2v) is 9.29. The van der Waals surface area contributed by atoms with Crippen molar-refractivity contribution in [2.45, 2.75) is 24.9 Å². The van der Waals surface area contributed by atoms with E-state index in [2.05, 4.69) is 46.5 Å². The van der Waals surface area contributed by atoms with Gasteiger partial charge >= 0.3 is 0 Å². The quantitative estimate of drug-likeness (QED) is 0.175. The lowest BCUT2D eigenvalue weighted by Crippen LogP contribution is -2.20. The number of benzene rings is 2. The Morgan fingerprint density at radius 3 is 2.66 bits per heavy atom.